The van der Waals surface area contributed by atoms with Crippen LogP contribution in [0.3, 0.4) is 0 Å². The van der Waals surface area contributed by atoms with E-state index < -0.39 is 6.10 Å². The molecule has 0 aliphatic carbocycles. The lowest BCUT2D eigenvalue weighted by molar-refractivity contribution is -0.0866. The van der Waals surface area contributed by atoms with E-state index in [0.29, 0.717) is 22.6 Å². The van der Waals surface area contributed by atoms with Crippen LogP contribution in [-0.4, -0.2) is 30.6 Å². The van der Waals surface area contributed by atoms with Crippen LogP contribution in [0, 0.1) is 5.82 Å². The van der Waals surface area contributed by atoms with Crippen molar-refractivity contribution >= 4 is 11.3 Å². The van der Waals surface area contributed by atoms with Crippen LogP contribution >= 0.6 is 11.3 Å². The molecule has 2 N–H and O–H groups in total. The Morgan fingerprint density at radius 3 is 2.57 bits per heavy atom. The van der Waals surface area contributed by atoms with Crippen LogP contribution in [-0.2, 0) is 15.9 Å². The number of aromatic hydroxyl groups is 1. The number of nitrogens with one attached hydrogen (secondary N) is 1. The molecule has 0 radical (unpaired) electrons. The maximum absolute atomic E-state index is 14.1. The third-order valence-electron chi connectivity index (χ3n) is 4.03. The van der Waals surface area contributed by atoms with E-state index in [1.54, 1.807) is 30.3 Å². The third kappa shape index (κ3) is 5.19. The van der Waals surface area contributed by atoms with Gasteiger partial charge in [-0.2, -0.15) is 0 Å². The fraction of sp³-hybridized carbons (Fsp3) is 0.250. The summed E-state index contributed by atoms with van der Waals surface area (Å²) < 4.78 is 30.3. The number of thiazole rings is 1. The van der Waals surface area contributed by atoms with Crippen LogP contribution in [0.2, 0.25) is 0 Å². The number of methoxy groups -OCH3 is 1. The molecule has 0 spiro atoms. The minimum atomic E-state index is -0.616. The first-order chi connectivity index (χ1) is 13.6. The van der Waals surface area contributed by atoms with E-state index >= 15 is 0 Å². The van der Waals surface area contributed by atoms with Gasteiger partial charge in [0.15, 0.2) is 0 Å². The average molecular weight is 405 g/mol. The lowest BCUT2D eigenvalue weighted by Crippen LogP contribution is -2.16. The Balaban J connectivity index is 1.64. The van der Waals surface area contributed by atoms with Gasteiger partial charge in [0.25, 0.3) is 0 Å². The highest BCUT2D eigenvalue weighted by Crippen LogP contribution is 2.24. The van der Waals surface area contributed by atoms with E-state index in [2.05, 4.69) is 4.98 Å². The molecule has 6 nitrogen and oxygen atoms in total. The molecule has 1 heterocycles. The summed E-state index contributed by atoms with van der Waals surface area (Å²) in [7, 11) is 1.50. The first-order valence-electron chi connectivity index (χ1n) is 8.54. The monoisotopic (exact) mass is 405 g/mol. The van der Waals surface area contributed by atoms with Gasteiger partial charge in [0.05, 0.1) is 4.88 Å². The van der Waals surface area contributed by atoms with Crippen molar-refractivity contribution in [3.63, 3.8) is 0 Å². The zero-order valence-electron chi connectivity index (χ0n) is 15.2. The van der Waals surface area contributed by atoms with E-state index in [0.717, 1.165) is 16.9 Å². The molecule has 0 amide bonds. The molecule has 1 unspecified atom stereocenters. The number of aromatic amines is 1. The molecule has 0 bridgehead atoms. The van der Waals surface area contributed by atoms with Crippen LogP contribution in [0.4, 0.5) is 4.39 Å². The SMILES string of the molecule is COCOC(COc1ccc(Cc2sc(=O)[nH]c2O)cc1)c1ccccc1F. The third-order valence-corrected chi connectivity index (χ3v) is 4.90. The minimum absolute atomic E-state index is 0.0182. The predicted octanol–water partition coefficient (Wildman–Crippen LogP) is 3.61. The van der Waals surface area contributed by atoms with Gasteiger partial charge in [-0.3, -0.25) is 9.78 Å². The summed E-state index contributed by atoms with van der Waals surface area (Å²) >= 11 is 0.978. The molecule has 3 aromatic rings. The molecule has 3 rings (SSSR count). The van der Waals surface area contributed by atoms with Crippen molar-refractivity contribution in [2.24, 2.45) is 0 Å². The molecular formula is C20H20FNO5S. The number of rotatable bonds is 9. The number of ether oxygens (including phenoxy) is 3. The van der Waals surface area contributed by atoms with Crippen molar-refractivity contribution in [3.05, 3.63) is 80.0 Å². The largest absolute Gasteiger partial charge is 0.494 e. The molecule has 28 heavy (non-hydrogen) atoms. The number of benzene rings is 2. The smallest absolute Gasteiger partial charge is 0.307 e. The van der Waals surface area contributed by atoms with Crippen molar-refractivity contribution in [1.29, 1.82) is 0 Å². The lowest BCUT2D eigenvalue weighted by atomic mass is 10.1. The Hall–Kier alpha value is -2.68. The Kier molecular flexibility index (Phi) is 6.80. The van der Waals surface area contributed by atoms with E-state index in [1.807, 2.05) is 12.1 Å². The zero-order valence-corrected chi connectivity index (χ0v) is 16.0. The predicted molar refractivity (Wildman–Crippen MR) is 103 cm³/mol. The van der Waals surface area contributed by atoms with Gasteiger partial charge in [0, 0.05) is 19.1 Å². The van der Waals surface area contributed by atoms with Gasteiger partial charge >= 0.3 is 4.87 Å². The molecule has 0 aliphatic rings. The van der Waals surface area contributed by atoms with E-state index in [-0.39, 0.29) is 30.0 Å². The highest BCUT2D eigenvalue weighted by atomic mass is 32.1. The summed E-state index contributed by atoms with van der Waals surface area (Å²) in [5.74, 6) is 0.129. The number of hydrogen-bond acceptors (Lipinski definition) is 6. The average Bonchev–Trinajstić information content (AvgIpc) is 3.01. The fourth-order valence-electron chi connectivity index (χ4n) is 2.65. The van der Waals surface area contributed by atoms with Crippen molar-refractivity contribution in [3.8, 4) is 11.6 Å². The summed E-state index contributed by atoms with van der Waals surface area (Å²) in [6, 6.07) is 13.6. The number of hydrogen-bond donors (Lipinski definition) is 2. The molecule has 0 saturated carbocycles. The van der Waals surface area contributed by atoms with Crippen LogP contribution in [0.25, 0.3) is 0 Å². The molecule has 1 atom stereocenters. The molecule has 148 valence electrons. The summed E-state index contributed by atoms with van der Waals surface area (Å²) in [6.07, 6.45) is -0.181. The Morgan fingerprint density at radius 2 is 1.93 bits per heavy atom. The number of aromatic nitrogens is 1. The van der Waals surface area contributed by atoms with Gasteiger partial charge in [-0.1, -0.05) is 41.7 Å². The quantitative estimate of drug-likeness (QED) is 0.532. The van der Waals surface area contributed by atoms with Crippen molar-refractivity contribution in [2.45, 2.75) is 12.5 Å². The Bertz CT molecular complexity index is 954. The fourth-order valence-corrected chi connectivity index (χ4v) is 3.40. The summed E-state index contributed by atoms with van der Waals surface area (Å²) in [5, 5.41) is 9.67. The molecule has 0 fully saturated rings. The molecule has 1 aromatic heterocycles. The van der Waals surface area contributed by atoms with Gasteiger partial charge in [-0.25, -0.2) is 4.39 Å². The van der Waals surface area contributed by atoms with Crippen LogP contribution in [0.1, 0.15) is 22.1 Å². The first-order valence-corrected chi connectivity index (χ1v) is 9.36. The molecule has 0 aliphatic heterocycles. The van der Waals surface area contributed by atoms with Gasteiger partial charge in [0.2, 0.25) is 5.88 Å². The molecule has 8 heteroatoms. The normalized spacial score (nSPS) is 12.1. The standard InChI is InChI=1S/C20H20FNO5S/c1-25-12-27-17(15-4-2-3-5-16(15)21)11-26-14-8-6-13(7-9-14)10-18-19(23)22-20(24)28-18/h2-9,17,23H,10-12H2,1H3,(H,22,24). The van der Waals surface area contributed by atoms with Crippen LogP contribution < -0.4 is 9.61 Å². The highest BCUT2D eigenvalue weighted by molar-refractivity contribution is 7.09. The van der Waals surface area contributed by atoms with E-state index in [1.165, 1.54) is 13.2 Å². The van der Waals surface area contributed by atoms with Crippen molar-refractivity contribution in [1.82, 2.24) is 4.98 Å². The van der Waals surface area contributed by atoms with Crippen molar-refractivity contribution < 1.29 is 23.7 Å². The maximum Gasteiger partial charge on any atom is 0.307 e. The zero-order chi connectivity index (χ0) is 19.9. The van der Waals surface area contributed by atoms with Gasteiger partial charge in [-0.15, -0.1) is 0 Å². The molecule has 2 aromatic carbocycles. The highest BCUT2D eigenvalue weighted by Gasteiger charge is 2.17. The second-order valence-corrected chi connectivity index (χ2v) is 7.07. The lowest BCUT2D eigenvalue weighted by Gasteiger charge is -2.19. The van der Waals surface area contributed by atoms with Crippen LogP contribution in [0.5, 0.6) is 11.6 Å². The molecule has 0 saturated heterocycles. The Morgan fingerprint density at radius 1 is 1.18 bits per heavy atom. The second kappa shape index (κ2) is 9.50. The maximum atomic E-state index is 14.1. The summed E-state index contributed by atoms with van der Waals surface area (Å²) in [5.41, 5.74) is 1.31. The van der Waals surface area contributed by atoms with Crippen molar-refractivity contribution in [2.75, 3.05) is 20.5 Å². The number of H-pyrrole nitrogens is 1. The van der Waals surface area contributed by atoms with Gasteiger partial charge in [0.1, 0.15) is 31.1 Å². The second-order valence-electron chi connectivity index (χ2n) is 6.00. The summed E-state index contributed by atoms with van der Waals surface area (Å²) in [4.78, 5) is 13.9. The van der Waals surface area contributed by atoms with E-state index in [4.69, 9.17) is 14.2 Å². The van der Waals surface area contributed by atoms with Gasteiger partial charge in [-0.05, 0) is 23.8 Å². The number of halogens is 1. The molecular weight excluding hydrogens is 385 g/mol. The first kappa shape index (κ1) is 20.1. The van der Waals surface area contributed by atoms with Gasteiger partial charge < -0.3 is 19.3 Å². The summed E-state index contributed by atoms with van der Waals surface area (Å²) in [6.45, 7) is 0.133. The van der Waals surface area contributed by atoms with Crippen LogP contribution in [0.15, 0.2) is 53.3 Å². The minimum Gasteiger partial charge on any atom is -0.494 e. The topological polar surface area (TPSA) is 80.8 Å². The van der Waals surface area contributed by atoms with E-state index in [9.17, 15) is 14.3 Å². The Labute approximate surface area is 165 Å².